The van der Waals surface area contributed by atoms with E-state index in [9.17, 15) is 9.59 Å². The molecule has 1 saturated heterocycles. The van der Waals surface area contributed by atoms with E-state index in [2.05, 4.69) is 19.2 Å². The predicted octanol–water partition coefficient (Wildman–Crippen LogP) is 2.50. The van der Waals surface area contributed by atoms with Crippen LogP contribution in [0.15, 0.2) is 30.3 Å². The molecule has 1 aliphatic rings. The van der Waals surface area contributed by atoms with Crippen LogP contribution in [-0.4, -0.2) is 23.4 Å². The van der Waals surface area contributed by atoms with Gasteiger partial charge < -0.3 is 4.90 Å². The van der Waals surface area contributed by atoms with Gasteiger partial charge >= 0.3 is 6.03 Å². The molecule has 0 bridgehead atoms. The Morgan fingerprint density at radius 2 is 1.84 bits per heavy atom. The van der Waals surface area contributed by atoms with Gasteiger partial charge in [-0.2, -0.15) is 0 Å². The van der Waals surface area contributed by atoms with Crippen molar-refractivity contribution < 1.29 is 9.59 Å². The molecule has 1 aromatic rings. The van der Waals surface area contributed by atoms with Crippen LogP contribution < -0.4 is 5.32 Å². The Balaban J connectivity index is 2.34. The smallest absolute Gasteiger partial charge is 0.306 e. The fraction of sp³-hybridized carbons (Fsp3) is 0.467. The zero-order chi connectivity index (χ0) is 14.0. The molecular formula is C15H20N2O2. The second-order valence-corrected chi connectivity index (χ2v) is 5.53. The summed E-state index contributed by atoms with van der Waals surface area (Å²) in [6.45, 7) is 6.61. The van der Waals surface area contributed by atoms with Gasteiger partial charge in [-0.1, -0.05) is 44.2 Å². The number of nitrogens with zero attached hydrogens (tertiary/aromatic N) is 1. The first-order valence-corrected chi connectivity index (χ1v) is 6.65. The maximum Gasteiger partial charge on any atom is 0.325 e. The Kier molecular flexibility index (Phi) is 3.60. The number of amides is 3. The second kappa shape index (κ2) is 5.03. The number of imide groups is 1. The van der Waals surface area contributed by atoms with Crippen LogP contribution >= 0.6 is 0 Å². The van der Waals surface area contributed by atoms with Crippen molar-refractivity contribution in [3.63, 3.8) is 0 Å². The van der Waals surface area contributed by atoms with Gasteiger partial charge in [-0.05, 0) is 24.8 Å². The number of rotatable bonds is 4. The van der Waals surface area contributed by atoms with Crippen molar-refractivity contribution in [3.8, 4) is 0 Å². The van der Waals surface area contributed by atoms with Crippen molar-refractivity contribution in [3.05, 3.63) is 35.9 Å². The van der Waals surface area contributed by atoms with Crippen molar-refractivity contribution in [2.45, 2.75) is 32.7 Å². The summed E-state index contributed by atoms with van der Waals surface area (Å²) in [5.41, 5.74) is -0.0464. The van der Waals surface area contributed by atoms with Gasteiger partial charge in [0.2, 0.25) is 0 Å². The monoisotopic (exact) mass is 260 g/mol. The molecule has 1 aromatic carbocycles. The summed E-state index contributed by atoms with van der Waals surface area (Å²) in [5, 5.41) is 2.43. The molecule has 1 N–H and O–H groups in total. The van der Waals surface area contributed by atoms with E-state index in [4.69, 9.17) is 0 Å². The third kappa shape index (κ3) is 2.35. The number of benzene rings is 1. The predicted molar refractivity (Wildman–Crippen MR) is 73.5 cm³/mol. The van der Waals surface area contributed by atoms with Crippen LogP contribution in [0.2, 0.25) is 0 Å². The van der Waals surface area contributed by atoms with E-state index in [1.807, 2.05) is 37.3 Å². The minimum Gasteiger partial charge on any atom is -0.306 e. The molecule has 1 aliphatic heterocycles. The number of carbonyl (C=O) groups is 2. The number of urea groups is 1. The molecule has 19 heavy (non-hydrogen) atoms. The normalized spacial score (nSPS) is 23.1. The van der Waals surface area contributed by atoms with Crippen LogP contribution in [0.25, 0.3) is 0 Å². The van der Waals surface area contributed by atoms with Crippen molar-refractivity contribution in [1.82, 2.24) is 10.2 Å². The van der Waals surface area contributed by atoms with Crippen molar-refractivity contribution in [2.24, 2.45) is 5.92 Å². The number of nitrogens with one attached hydrogen (secondary N) is 1. The topological polar surface area (TPSA) is 49.4 Å². The maximum absolute atomic E-state index is 12.2. The van der Waals surface area contributed by atoms with Gasteiger partial charge in [0, 0.05) is 6.54 Å². The standard InChI is InChI=1S/C15H20N2O2/c1-11(2)9-10-17-14(19)16-13(18)15(17,3)12-7-5-4-6-8-12/h4-8,11H,9-10H2,1-3H3,(H,16,18,19). The highest BCUT2D eigenvalue weighted by atomic mass is 16.2. The molecular weight excluding hydrogens is 240 g/mol. The van der Waals surface area contributed by atoms with Crippen LogP contribution in [0.1, 0.15) is 32.8 Å². The summed E-state index contributed by atoms with van der Waals surface area (Å²) in [4.78, 5) is 25.8. The van der Waals surface area contributed by atoms with Gasteiger partial charge in [0.05, 0.1) is 0 Å². The van der Waals surface area contributed by atoms with Crippen molar-refractivity contribution in [1.29, 1.82) is 0 Å². The molecule has 102 valence electrons. The van der Waals surface area contributed by atoms with Gasteiger partial charge in [-0.15, -0.1) is 0 Å². The minimum atomic E-state index is -0.896. The highest BCUT2D eigenvalue weighted by Crippen LogP contribution is 2.33. The van der Waals surface area contributed by atoms with Crippen molar-refractivity contribution in [2.75, 3.05) is 6.54 Å². The lowest BCUT2D eigenvalue weighted by molar-refractivity contribution is -0.126. The largest absolute Gasteiger partial charge is 0.325 e. The zero-order valence-electron chi connectivity index (χ0n) is 11.6. The van der Waals surface area contributed by atoms with E-state index >= 15 is 0 Å². The van der Waals surface area contributed by atoms with E-state index in [0.29, 0.717) is 12.5 Å². The molecule has 0 spiro atoms. The van der Waals surface area contributed by atoms with Gasteiger partial charge in [0.1, 0.15) is 5.54 Å². The Morgan fingerprint density at radius 1 is 1.21 bits per heavy atom. The number of carbonyl (C=O) groups excluding carboxylic acids is 2. The fourth-order valence-corrected chi connectivity index (χ4v) is 2.37. The van der Waals surface area contributed by atoms with E-state index < -0.39 is 5.54 Å². The molecule has 0 saturated carbocycles. The van der Waals surface area contributed by atoms with E-state index in [-0.39, 0.29) is 11.9 Å². The lowest BCUT2D eigenvalue weighted by Crippen LogP contribution is -2.45. The fourth-order valence-electron chi connectivity index (χ4n) is 2.37. The van der Waals surface area contributed by atoms with E-state index in [1.54, 1.807) is 4.90 Å². The highest BCUT2D eigenvalue weighted by molar-refractivity contribution is 6.07. The summed E-state index contributed by atoms with van der Waals surface area (Å²) in [6.07, 6.45) is 0.878. The summed E-state index contributed by atoms with van der Waals surface area (Å²) in [5.74, 6) is 0.246. The molecule has 4 nitrogen and oxygen atoms in total. The molecule has 1 fully saturated rings. The van der Waals surface area contributed by atoms with Crippen molar-refractivity contribution >= 4 is 11.9 Å². The van der Waals surface area contributed by atoms with E-state index in [0.717, 1.165) is 12.0 Å². The third-order valence-corrected chi connectivity index (χ3v) is 3.71. The second-order valence-electron chi connectivity index (χ2n) is 5.53. The highest BCUT2D eigenvalue weighted by Gasteiger charge is 2.50. The Bertz CT molecular complexity index is 484. The maximum atomic E-state index is 12.2. The molecule has 2 rings (SSSR count). The molecule has 0 aromatic heterocycles. The summed E-state index contributed by atoms with van der Waals surface area (Å²) in [6, 6.07) is 9.16. The van der Waals surface area contributed by atoms with E-state index in [1.165, 1.54) is 0 Å². The average molecular weight is 260 g/mol. The SMILES string of the molecule is CC(C)CCN1C(=O)NC(=O)C1(C)c1ccccc1. The average Bonchev–Trinajstić information content (AvgIpc) is 2.60. The molecule has 0 aliphatic carbocycles. The summed E-state index contributed by atoms with van der Waals surface area (Å²) < 4.78 is 0. The Morgan fingerprint density at radius 3 is 2.42 bits per heavy atom. The van der Waals surface area contributed by atoms with Crippen LogP contribution in [0.3, 0.4) is 0 Å². The van der Waals surface area contributed by atoms with Crippen LogP contribution in [0.5, 0.6) is 0 Å². The van der Waals surface area contributed by atoms with Gasteiger partial charge in [0.25, 0.3) is 5.91 Å². The molecule has 3 amide bonds. The summed E-state index contributed by atoms with van der Waals surface area (Å²) >= 11 is 0. The molecule has 0 radical (unpaired) electrons. The van der Waals surface area contributed by atoms with Crippen LogP contribution in [0.4, 0.5) is 4.79 Å². The number of hydrogen-bond donors (Lipinski definition) is 1. The minimum absolute atomic E-state index is 0.243. The molecule has 1 heterocycles. The van der Waals surface area contributed by atoms with Gasteiger partial charge in [-0.25, -0.2) is 4.79 Å². The molecule has 4 heteroatoms. The lowest BCUT2D eigenvalue weighted by Gasteiger charge is -2.32. The van der Waals surface area contributed by atoms with Crippen LogP contribution in [0, 0.1) is 5.92 Å². The van der Waals surface area contributed by atoms with Gasteiger partial charge in [-0.3, -0.25) is 10.1 Å². The van der Waals surface area contributed by atoms with Crippen LogP contribution in [-0.2, 0) is 10.3 Å². The first kappa shape index (κ1) is 13.6. The van der Waals surface area contributed by atoms with Gasteiger partial charge in [0.15, 0.2) is 0 Å². The lowest BCUT2D eigenvalue weighted by atomic mass is 9.90. The third-order valence-electron chi connectivity index (χ3n) is 3.71. The Hall–Kier alpha value is -1.84. The summed E-state index contributed by atoms with van der Waals surface area (Å²) in [7, 11) is 0. The number of hydrogen-bond acceptors (Lipinski definition) is 2. The first-order chi connectivity index (χ1) is 8.96. The molecule has 1 atom stereocenters. The first-order valence-electron chi connectivity index (χ1n) is 6.65. The quantitative estimate of drug-likeness (QED) is 0.846. The molecule has 1 unspecified atom stereocenters. The zero-order valence-corrected chi connectivity index (χ0v) is 11.6. The Labute approximate surface area is 113 Å².